The standard InChI is InChI=1S/C25H41NO4S/c1-3-5-6-7-8-9-10-11-12-13-14-15-16-19-22-30-31(28,29)24-21-18-17-20-23(24)26-25(27)4-2/h4,17-18,20-21H,2-3,5-16,19,22H2,1H3,(H,26,27). The third-order valence-electron chi connectivity index (χ3n) is 5.34. The molecule has 31 heavy (non-hydrogen) atoms. The summed E-state index contributed by atoms with van der Waals surface area (Å²) >= 11 is 0. The van der Waals surface area contributed by atoms with E-state index < -0.39 is 16.0 Å². The number of amides is 1. The van der Waals surface area contributed by atoms with Crippen LogP contribution < -0.4 is 5.32 Å². The van der Waals surface area contributed by atoms with Crippen LogP contribution in [0.2, 0.25) is 0 Å². The number of carbonyl (C=O) groups excluding carboxylic acids is 1. The van der Waals surface area contributed by atoms with Crippen molar-refractivity contribution in [2.45, 2.75) is 102 Å². The molecule has 1 aromatic carbocycles. The van der Waals surface area contributed by atoms with Crippen molar-refractivity contribution < 1.29 is 17.4 Å². The van der Waals surface area contributed by atoms with E-state index in [1.54, 1.807) is 12.1 Å². The highest BCUT2D eigenvalue weighted by Gasteiger charge is 2.19. The first-order valence-electron chi connectivity index (χ1n) is 11.9. The number of hydrogen-bond acceptors (Lipinski definition) is 4. The van der Waals surface area contributed by atoms with Gasteiger partial charge in [0.1, 0.15) is 4.90 Å². The number of benzene rings is 1. The summed E-state index contributed by atoms with van der Waals surface area (Å²) in [6.07, 6.45) is 18.5. The zero-order valence-electron chi connectivity index (χ0n) is 19.2. The van der Waals surface area contributed by atoms with Crippen LogP contribution in [0.4, 0.5) is 5.69 Å². The number of unbranched alkanes of at least 4 members (excludes halogenated alkanes) is 13. The molecule has 0 atom stereocenters. The summed E-state index contributed by atoms with van der Waals surface area (Å²) in [5.74, 6) is -0.463. The van der Waals surface area contributed by atoms with Crippen molar-refractivity contribution in [3.63, 3.8) is 0 Å². The number of para-hydroxylation sites is 1. The van der Waals surface area contributed by atoms with E-state index in [1.165, 1.54) is 82.8 Å². The largest absolute Gasteiger partial charge is 0.321 e. The van der Waals surface area contributed by atoms with Crippen molar-refractivity contribution in [2.75, 3.05) is 11.9 Å². The maximum Gasteiger partial charge on any atom is 0.299 e. The summed E-state index contributed by atoms with van der Waals surface area (Å²) in [5, 5.41) is 2.50. The Bertz CT molecular complexity index is 731. The first kappa shape index (κ1) is 27.4. The molecule has 1 N–H and O–H groups in total. The summed E-state index contributed by atoms with van der Waals surface area (Å²) in [7, 11) is -3.91. The second-order valence-electron chi connectivity index (χ2n) is 8.06. The molecule has 6 heteroatoms. The highest BCUT2D eigenvalue weighted by molar-refractivity contribution is 7.87. The van der Waals surface area contributed by atoms with Gasteiger partial charge in [0.15, 0.2) is 0 Å². The Morgan fingerprint density at radius 2 is 1.35 bits per heavy atom. The molecule has 0 bridgehead atoms. The fourth-order valence-corrected chi connectivity index (χ4v) is 4.60. The lowest BCUT2D eigenvalue weighted by atomic mass is 10.0. The molecule has 0 aliphatic carbocycles. The van der Waals surface area contributed by atoms with E-state index in [9.17, 15) is 13.2 Å². The predicted octanol–water partition coefficient (Wildman–Crippen LogP) is 7.00. The van der Waals surface area contributed by atoms with Crippen LogP contribution >= 0.6 is 0 Å². The van der Waals surface area contributed by atoms with Crippen LogP contribution in [0, 0.1) is 0 Å². The van der Waals surface area contributed by atoms with Gasteiger partial charge in [0.05, 0.1) is 12.3 Å². The van der Waals surface area contributed by atoms with Crippen LogP contribution in [0.25, 0.3) is 0 Å². The molecular formula is C25H41NO4S. The number of anilines is 1. The Kier molecular flexibility index (Phi) is 15.0. The van der Waals surface area contributed by atoms with E-state index in [0.717, 1.165) is 18.9 Å². The van der Waals surface area contributed by atoms with E-state index in [-0.39, 0.29) is 17.2 Å². The van der Waals surface area contributed by atoms with Gasteiger partial charge in [-0.05, 0) is 24.6 Å². The average molecular weight is 452 g/mol. The van der Waals surface area contributed by atoms with E-state index in [4.69, 9.17) is 4.18 Å². The minimum atomic E-state index is -3.91. The Morgan fingerprint density at radius 3 is 1.87 bits per heavy atom. The first-order chi connectivity index (χ1) is 15.0. The summed E-state index contributed by atoms with van der Waals surface area (Å²) in [6, 6.07) is 6.22. The van der Waals surface area contributed by atoms with Gasteiger partial charge in [-0.3, -0.25) is 8.98 Å². The topological polar surface area (TPSA) is 72.5 Å². The highest BCUT2D eigenvalue weighted by atomic mass is 32.2. The van der Waals surface area contributed by atoms with Gasteiger partial charge in [0.2, 0.25) is 5.91 Å². The molecule has 1 amide bonds. The van der Waals surface area contributed by atoms with Gasteiger partial charge in [-0.1, -0.05) is 109 Å². The van der Waals surface area contributed by atoms with Gasteiger partial charge < -0.3 is 5.32 Å². The number of hydrogen-bond donors (Lipinski definition) is 1. The summed E-state index contributed by atoms with van der Waals surface area (Å²) in [4.78, 5) is 11.5. The van der Waals surface area contributed by atoms with Gasteiger partial charge in [-0.25, -0.2) is 0 Å². The summed E-state index contributed by atoms with van der Waals surface area (Å²) in [6.45, 7) is 5.79. The number of rotatable bonds is 19. The van der Waals surface area contributed by atoms with E-state index in [2.05, 4.69) is 18.8 Å². The van der Waals surface area contributed by atoms with Crippen LogP contribution in [-0.4, -0.2) is 20.9 Å². The van der Waals surface area contributed by atoms with Crippen molar-refractivity contribution in [3.8, 4) is 0 Å². The SMILES string of the molecule is C=CC(=O)Nc1ccccc1S(=O)(=O)OCCCCCCCCCCCCCCCC. The molecule has 176 valence electrons. The molecule has 0 spiro atoms. The van der Waals surface area contributed by atoms with Gasteiger partial charge in [-0.15, -0.1) is 0 Å². The molecule has 0 saturated carbocycles. The zero-order valence-corrected chi connectivity index (χ0v) is 20.1. The molecule has 0 aromatic heterocycles. The second kappa shape index (κ2) is 17.0. The van der Waals surface area contributed by atoms with Crippen LogP contribution in [0.1, 0.15) is 96.8 Å². The lowest BCUT2D eigenvalue weighted by molar-refractivity contribution is -0.111. The fourth-order valence-electron chi connectivity index (χ4n) is 3.50. The Labute approximate surface area is 189 Å². The van der Waals surface area contributed by atoms with Gasteiger partial charge >= 0.3 is 0 Å². The van der Waals surface area contributed by atoms with Gasteiger partial charge in [0.25, 0.3) is 10.1 Å². The average Bonchev–Trinajstić information content (AvgIpc) is 2.76. The molecule has 0 aliphatic rings. The predicted molar refractivity (Wildman–Crippen MR) is 129 cm³/mol. The van der Waals surface area contributed by atoms with Crippen molar-refractivity contribution >= 4 is 21.7 Å². The van der Waals surface area contributed by atoms with Crippen LogP contribution in [0.5, 0.6) is 0 Å². The summed E-state index contributed by atoms with van der Waals surface area (Å²) < 4.78 is 30.1. The Hall–Kier alpha value is -1.66. The van der Waals surface area contributed by atoms with E-state index >= 15 is 0 Å². The van der Waals surface area contributed by atoms with Gasteiger partial charge in [0, 0.05) is 0 Å². The van der Waals surface area contributed by atoms with Crippen LogP contribution in [0.15, 0.2) is 41.8 Å². The van der Waals surface area contributed by atoms with Crippen molar-refractivity contribution in [3.05, 3.63) is 36.9 Å². The molecule has 0 unspecified atom stereocenters. The minimum absolute atomic E-state index is 0.0319. The molecule has 0 fully saturated rings. The molecule has 1 rings (SSSR count). The molecule has 0 heterocycles. The van der Waals surface area contributed by atoms with E-state index in [0.29, 0.717) is 6.42 Å². The normalized spacial score (nSPS) is 11.4. The third kappa shape index (κ3) is 12.7. The van der Waals surface area contributed by atoms with Gasteiger partial charge in [-0.2, -0.15) is 8.42 Å². The van der Waals surface area contributed by atoms with Crippen molar-refractivity contribution in [2.24, 2.45) is 0 Å². The Balaban J connectivity index is 2.11. The fraction of sp³-hybridized carbons (Fsp3) is 0.640. The Morgan fingerprint density at radius 1 is 0.871 bits per heavy atom. The van der Waals surface area contributed by atoms with Crippen LogP contribution in [-0.2, 0) is 19.1 Å². The first-order valence-corrected chi connectivity index (χ1v) is 13.3. The van der Waals surface area contributed by atoms with Crippen molar-refractivity contribution in [1.82, 2.24) is 0 Å². The monoisotopic (exact) mass is 451 g/mol. The lowest BCUT2D eigenvalue weighted by Crippen LogP contribution is -2.14. The number of nitrogens with one attached hydrogen (secondary N) is 1. The molecule has 1 aromatic rings. The molecule has 0 aliphatic heterocycles. The van der Waals surface area contributed by atoms with Crippen LogP contribution in [0.3, 0.4) is 0 Å². The maximum absolute atomic E-state index is 12.5. The number of carbonyl (C=O) groups is 1. The van der Waals surface area contributed by atoms with Crippen molar-refractivity contribution in [1.29, 1.82) is 0 Å². The van der Waals surface area contributed by atoms with E-state index in [1.807, 2.05) is 0 Å². The smallest absolute Gasteiger partial charge is 0.299 e. The third-order valence-corrected chi connectivity index (χ3v) is 6.71. The molecule has 5 nitrogen and oxygen atoms in total. The quantitative estimate of drug-likeness (QED) is 0.140. The minimum Gasteiger partial charge on any atom is -0.321 e. The summed E-state index contributed by atoms with van der Waals surface area (Å²) in [5.41, 5.74) is 0.202. The molecule has 0 saturated heterocycles. The maximum atomic E-state index is 12.5. The second-order valence-corrected chi connectivity index (χ2v) is 9.65. The highest BCUT2D eigenvalue weighted by Crippen LogP contribution is 2.23. The molecule has 0 radical (unpaired) electrons. The lowest BCUT2D eigenvalue weighted by Gasteiger charge is -2.11. The zero-order chi connectivity index (χ0) is 22.8. The molecular weight excluding hydrogens is 410 g/mol.